The lowest BCUT2D eigenvalue weighted by Gasteiger charge is -2.22. The van der Waals surface area contributed by atoms with Gasteiger partial charge < -0.3 is 14.6 Å². The van der Waals surface area contributed by atoms with Crippen LogP contribution >= 0.6 is 0 Å². The molecule has 1 aliphatic rings. The van der Waals surface area contributed by atoms with Gasteiger partial charge in [0.1, 0.15) is 0 Å². The van der Waals surface area contributed by atoms with Crippen LogP contribution in [0.5, 0.6) is 0 Å². The summed E-state index contributed by atoms with van der Waals surface area (Å²) >= 11 is 0. The van der Waals surface area contributed by atoms with Crippen molar-refractivity contribution in [2.45, 2.75) is 12.6 Å². The number of nitrogens with zero attached hydrogens (tertiary/aromatic N) is 2. The van der Waals surface area contributed by atoms with Crippen LogP contribution in [-0.2, 0) is 16.1 Å². The molecule has 1 unspecified atom stereocenters. The van der Waals surface area contributed by atoms with Crippen molar-refractivity contribution in [2.24, 2.45) is 0 Å². The van der Waals surface area contributed by atoms with Gasteiger partial charge in [-0.15, -0.1) is 0 Å². The third-order valence-corrected chi connectivity index (χ3v) is 2.21. The van der Waals surface area contributed by atoms with Crippen LogP contribution in [0.1, 0.15) is 0 Å². The van der Waals surface area contributed by atoms with E-state index in [-0.39, 0.29) is 11.8 Å². The lowest BCUT2D eigenvalue weighted by Crippen LogP contribution is -2.47. The Hall–Kier alpha value is -1.20. The molecular weight excluding hydrogens is 182 g/mol. The van der Waals surface area contributed by atoms with Crippen LogP contribution in [0, 0.1) is 0 Å². The quantitative estimate of drug-likeness (QED) is 0.702. The predicted octanol–water partition coefficient (Wildman–Crippen LogP) is -0.559. The van der Waals surface area contributed by atoms with Crippen LogP contribution in [0.15, 0.2) is 18.7 Å². The van der Waals surface area contributed by atoms with Crippen LogP contribution in [0.3, 0.4) is 0 Å². The van der Waals surface area contributed by atoms with Gasteiger partial charge in [-0.25, -0.2) is 4.98 Å². The first-order chi connectivity index (χ1) is 6.86. The largest absolute Gasteiger partial charge is 0.378 e. The molecule has 1 fully saturated rings. The van der Waals surface area contributed by atoms with Crippen molar-refractivity contribution in [3.8, 4) is 0 Å². The van der Waals surface area contributed by atoms with Crippen LogP contribution in [0.4, 0.5) is 0 Å². The van der Waals surface area contributed by atoms with Gasteiger partial charge in [0.2, 0.25) is 0 Å². The van der Waals surface area contributed by atoms with E-state index in [1.807, 2.05) is 0 Å². The van der Waals surface area contributed by atoms with E-state index in [0.717, 1.165) is 6.54 Å². The average molecular weight is 195 g/mol. The Labute approximate surface area is 82.1 Å². The molecule has 1 aromatic heterocycles. The molecule has 0 saturated carbocycles. The monoisotopic (exact) mass is 195 g/mol. The molecule has 1 saturated heterocycles. The number of carbonyl (C=O) groups excluding carboxylic acids is 1. The Morgan fingerprint density at radius 3 is 3.29 bits per heavy atom. The number of rotatable bonds is 3. The number of nitrogens with one attached hydrogen (secondary N) is 1. The third kappa shape index (κ3) is 2.18. The van der Waals surface area contributed by atoms with Crippen molar-refractivity contribution in [2.75, 3.05) is 19.8 Å². The molecule has 5 heteroatoms. The van der Waals surface area contributed by atoms with Gasteiger partial charge in [0.05, 0.1) is 32.1 Å². The highest BCUT2D eigenvalue weighted by molar-refractivity contribution is 5.84. The standard InChI is InChI=1S/C9H13N3O2/c13-9(5-12-3-1-10-7-12)8-6-14-4-2-11-8/h1,3,7-8,11H,2,4-6H2. The molecule has 0 amide bonds. The molecule has 5 nitrogen and oxygen atoms in total. The fourth-order valence-corrected chi connectivity index (χ4v) is 1.44. The molecule has 2 rings (SSSR count). The number of ether oxygens (including phenoxy) is 1. The second-order valence-corrected chi connectivity index (χ2v) is 3.28. The van der Waals surface area contributed by atoms with Crippen LogP contribution < -0.4 is 5.32 Å². The minimum absolute atomic E-state index is 0.141. The molecule has 0 aliphatic carbocycles. The highest BCUT2D eigenvalue weighted by atomic mass is 16.5. The van der Waals surface area contributed by atoms with Gasteiger partial charge in [-0.3, -0.25) is 4.79 Å². The zero-order chi connectivity index (χ0) is 9.80. The summed E-state index contributed by atoms with van der Waals surface area (Å²) in [5.41, 5.74) is 0. The van der Waals surface area contributed by atoms with Gasteiger partial charge in [-0.05, 0) is 0 Å². The van der Waals surface area contributed by atoms with Gasteiger partial charge in [0, 0.05) is 18.9 Å². The Morgan fingerprint density at radius 2 is 2.64 bits per heavy atom. The predicted molar refractivity (Wildman–Crippen MR) is 49.8 cm³/mol. The molecule has 2 heterocycles. The van der Waals surface area contributed by atoms with E-state index in [1.165, 1.54) is 0 Å². The summed E-state index contributed by atoms with van der Waals surface area (Å²) < 4.78 is 6.98. The lowest BCUT2D eigenvalue weighted by molar-refractivity contribution is -0.124. The van der Waals surface area contributed by atoms with Crippen molar-refractivity contribution in [3.63, 3.8) is 0 Å². The maximum Gasteiger partial charge on any atom is 0.171 e. The van der Waals surface area contributed by atoms with Gasteiger partial charge in [-0.1, -0.05) is 0 Å². The van der Waals surface area contributed by atoms with Crippen molar-refractivity contribution < 1.29 is 9.53 Å². The highest BCUT2D eigenvalue weighted by Crippen LogP contribution is 1.97. The Morgan fingerprint density at radius 1 is 1.71 bits per heavy atom. The number of imidazole rings is 1. The number of morpholine rings is 1. The van der Waals surface area contributed by atoms with Crippen molar-refractivity contribution >= 4 is 5.78 Å². The molecule has 0 spiro atoms. The molecule has 1 atom stereocenters. The van der Waals surface area contributed by atoms with Crippen LogP contribution in [0.25, 0.3) is 0 Å². The van der Waals surface area contributed by atoms with Gasteiger partial charge in [0.15, 0.2) is 5.78 Å². The molecule has 1 N–H and O–H groups in total. The van der Waals surface area contributed by atoms with E-state index in [9.17, 15) is 4.79 Å². The summed E-state index contributed by atoms with van der Waals surface area (Å²) in [4.78, 5) is 15.6. The fourth-order valence-electron chi connectivity index (χ4n) is 1.44. The molecular formula is C9H13N3O2. The number of Topliss-reactive ketones (excluding diaryl/α,β-unsaturated/α-hetero) is 1. The number of ketones is 1. The van der Waals surface area contributed by atoms with Gasteiger partial charge in [-0.2, -0.15) is 0 Å². The SMILES string of the molecule is O=C(Cn1ccnc1)C1COCCN1. The van der Waals surface area contributed by atoms with Gasteiger partial charge >= 0.3 is 0 Å². The smallest absolute Gasteiger partial charge is 0.171 e. The Bertz CT molecular complexity index is 291. The average Bonchev–Trinajstić information content (AvgIpc) is 2.72. The first-order valence-electron chi connectivity index (χ1n) is 4.66. The molecule has 1 aromatic rings. The Kier molecular flexibility index (Phi) is 2.90. The van der Waals surface area contributed by atoms with Crippen molar-refractivity contribution in [3.05, 3.63) is 18.7 Å². The first-order valence-corrected chi connectivity index (χ1v) is 4.66. The zero-order valence-corrected chi connectivity index (χ0v) is 7.85. The van der Waals surface area contributed by atoms with E-state index in [2.05, 4.69) is 10.3 Å². The third-order valence-electron chi connectivity index (χ3n) is 2.21. The summed E-state index contributed by atoms with van der Waals surface area (Å²) in [5.74, 6) is 0.141. The summed E-state index contributed by atoms with van der Waals surface area (Å²) in [5, 5.41) is 3.12. The number of aromatic nitrogens is 2. The summed E-state index contributed by atoms with van der Waals surface area (Å²) in [6.45, 7) is 2.28. The van der Waals surface area contributed by atoms with Gasteiger partial charge in [0.25, 0.3) is 0 Å². The maximum absolute atomic E-state index is 11.7. The number of hydrogen-bond acceptors (Lipinski definition) is 4. The molecule has 0 radical (unpaired) electrons. The fraction of sp³-hybridized carbons (Fsp3) is 0.556. The van der Waals surface area contributed by atoms with Crippen LogP contribution in [-0.4, -0.2) is 41.1 Å². The number of carbonyl (C=O) groups is 1. The minimum Gasteiger partial charge on any atom is -0.378 e. The van der Waals surface area contributed by atoms with Crippen LogP contribution in [0.2, 0.25) is 0 Å². The van der Waals surface area contributed by atoms with E-state index in [1.54, 1.807) is 23.3 Å². The second kappa shape index (κ2) is 4.34. The lowest BCUT2D eigenvalue weighted by atomic mass is 10.2. The molecule has 0 aromatic carbocycles. The summed E-state index contributed by atoms with van der Waals surface area (Å²) in [7, 11) is 0. The maximum atomic E-state index is 11.7. The Balaban J connectivity index is 1.88. The first kappa shape index (κ1) is 9.36. The van der Waals surface area contributed by atoms with E-state index in [4.69, 9.17) is 4.74 Å². The second-order valence-electron chi connectivity index (χ2n) is 3.28. The molecule has 1 aliphatic heterocycles. The highest BCUT2D eigenvalue weighted by Gasteiger charge is 2.20. The van der Waals surface area contributed by atoms with Crippen molar-refractivity contribution in [1.29, 1.82) is 0 Å². The summed E-state index contributed by atoms with van der Waals surface area (Å²) in [6.07, 6.45) is 5.08. The number of hydrogen-bond donors (Lipinski definition) is 1. The normalized spacial score (nSPS) is 22.1. The minimum atomic E-state index is -0.161. The van der Waals surface area contributed by atoms with Crippen molar-refractivity contribution in [1.82, 2.24) is 14.9 Å². The summed E-state index contributed by atoms with van der Waals surface area (Å²) in [6, 6.07) is -0.161. The zero-order valence-electron chi connectivity index (χ0n) is 7.85. The molecule has 0 bridgehead atoms. The van der Waals surface area contributed by atoms with E-state index in [0.29, 0.717) is 19.8 Å². The van der Waals surface area contributed by atoms with E-state index >= 15 is 0 Å². The molecule has 14 heavy (non-hydrogen) atoms. The van der Waals surface area contributed by atoms with E-state index < -0.39 is 0 Å². The molecule has 76 valence electrons. The topological polar surface area (TPSA) is 56.2 Å².